The minimum absolute atomic E-state index is 0.0504. The fraction of sp³-hybridized carbons (Fsp3) is 0.227. The van der Waals surface area contributed by atoms with Crippen LogP contribution in [-0.4, -0.2) is 15.8 Å². The monoisotopic (exact) mass is 360 g/mol. The summed E-state index contributed by atoms with van der Waals surface area (Å²) in [6.07, 6.45) is 0. The van der Waals surface area contributed by atoms with Crippen molar-refractivity contribution >= 4 is 28.9 Å². The van der Waals surface area contributed by atoms with E-state index in [2.05, 4.69) is 46.6 Å². The van der Waals surface area contributed by atoms with Crippen LogP contribution in [0.5, 0.6) is 0 Å². The molecular weight excluding hydrogens is 336 g/mol. The van der Waals surface area contributed by atoms with Gasteiger partial charge in [0.25, 0.3) is 0 Å². The van der Waals surface area contributed by atoms with Crippen LogP contribution in [-0.2, 0) is 0 Å². The Bertz CT molecular complexity index is 932. The number of anilines is 4. The first-order chi connectivity index (χ1) is 12.9. The second kappa shape index (κ2) is 7.99. The number of rotatable bonds is 6. The first-order valence-electron chi connectivity index (χ1n) is 9.01. The number of nitrogens with zero attached hydrogens (tertiary/aromatic N) is 2. The predicted octanol–water partition coefficient (Wildman–Crippen LogP) is 5.60. The van der Waals surface area contributed by atoms with Crippen molar-refractivity contribution in [1.29, 1.82) is 0 Å². The molecule has 0 radical (unpaired) electrons. The van der Waals surface area contributed by atoms with Crippen molar-refractivity contribution in [1.82, 2.24) is 9.97 Å². The lowest BCUT2D eigenvalue weighted by molar-refractivity contribution is 0.101. The molecule has 2 aromatic carbocycles. The van der Waals surface area contributed by atoms with Crippen LogP contribution < -0.4 is 10.6 Å². The van der Waals surface area contributed by atoms with E-state index in [4.69, 9.17) is 0 Å². The maximum atomic E-state index is 11.4. The fourth-order valence-corrected chi connectivity index (χ4v) is 2.71. The zero-order valence-electron chi connectivity index (χ0n) is 16.1. The number of Topliss-reactive ketones (excluding diaryl/α,β-unsaturated/α-hetero) is 1. The Balaban J connectivity index is 1.76. The van der Waals surface area contributed by atoms with Gasteiger partial charge in [-0.05, 0) is 61.7 Å². The standard InChI is InChI=1S/C22H24N4O/c1-14(2)17-5-9-20(10-6-17)25-22-23-15(3)13-21(26-22)24-19-11-7-18(8-12-19)16(4)27/h5-14H,1-4H3,(H2,23,24,25,26). The summed E-state index contributed by atoms with van der Waals surface area (Å²) in [5.41, 5.74) is 4.65. The number of ketones is 1. The van der Waals surface area contributed by atoms with Gasteiger partial charge in [-0.1, -0.05) is 26.0 Å². The number of nitrogens with one attached hydrogen (secondary N) is 2. The van der Waals surface area contributed by atoms with Crippen molar-refractivity contribution in [3.8, 4) is 0 Å². The summed E-state index contributed by atoms with van der Waals surface area (Å²) in [6.45, 7) is 7.83. The van der Waals surface area contributed by atoms with Gasteiger partial charge in [0.1, 0.15) is 5.82 Å². The van der Waals surface area contributed by atoms with Gasteiger partial charge in [0.05, 0.1) is 0 Å². The van der Waals surface area contributed by atoms with Gasteiger partial charge in [0.15, 0.2) is 5.78 Å². The second-order valence-corrected chi connectivity index (χ2v) is 6.88. The highest BCUT2D eigenvalue weighted by Gasteiger charge is 2.05. The van der Waals surface area contributed by atoms with Gasteiger partial charge >= 0.3 is 0 Å². The van der Waals surface area contributed by atoms with Gasteiger partial charge in [-0.25, -0.2) is 4.98 Å². The highest BCUT2D eigenvalue weighted by atomic mass is 16.1. The highest BCUT2D eigenvalue weighted by molar-refractivity contribution is 5.94. The van der Waals surface area contributed by atoms with Gasteiger partial charge in [-0.15, -0.1) is 0 Å². The predicted molar refractivity (Wildman–Crippen MR) is 110 cm³/mol. The average Bonchev–Trinajstić information content (AvgIpc) is 2.62. The summed E-state index contributed by atoms with van der Waals surface area (Å²) >= 11 is 0. The molecule has 5 nitrogen and oxygen atoms in total. The van der Waals surface area contributed by atoms with Crippen molar-refractivity contribution < 1.29 is 4.79 Å². The molecule has 27 heavy (non-hydrogen) atoms. The molecule has 2 N–H and O–H groups in total. The number of aryl methyl sites for hydroxylation is 1. The first kappa shape index (κ1) is 18.6. The van der Waals surface area contributed by atoms with E-state index in [9.17, 15) is 4.79 Å². The third-order valence-electron chi connectivity index (χ3n) is 4.25. The number of hydrogen-bond acceptors (Lipinski definition) is 5. The van der Waals surface area contributed by atoms with E-state index in [1.165, 1.54) is 5.56 Å². The van der Waals surface area contributed by atoms with E-state index in [0.29, 0.717) is 23.2 Å². The molecule has 0 bridgehead atoms. The lowest BCUT2D eigenvalue weighted by Gasteiger charge is -2.11. The van der Waals surface area contributed by atoms with Gasteiger partial charge in [-0.3, -0.25) is 4.79 Å². The molecule has 3 rings (SSSR count). The third kappa shape index (κ3) is 4.91. The van der Waals surface area contributed by atoms with Crippen LogP contribution >= 0.6 is 0 Å². The van der Waals surface area contributed by atoms with E-state index in [1.807, 2.05) is 37.3 Å². The number of carbonyl (C=O) groups excluding carboxylic acids is 1. The van der Waals surface area contributed by atoms with Crippen molar-refractivity contribution in [2.24, 2.45) is 0 Å². The van der Waals surface area contributed by atoms with Crippen molar-refractivity contribution in [2.45, 2.75) is 33.6 Å². The van der Waals surface area contributed by atoms with Gasteiger partial charge < -0.3 is 10.6 Å². The lowest BCUT2D eigenvalue weighted by Crippen LogP contribution is -2.02. The molecule has 5 heteroatoms. The number of aromatic nitrogens is 2. The fourth-order valence-electron chi connectivity index (χ4n) is 2.71. The Kier molecular flexibility index (Phi) is 5.50. The molecule has 0 aliphatic carbocycles. The minimum atomic E-state index is 0.0504. The molecule has 0 atom stereocenters. The van der Waals surface area contributed by atoms with Crippen LogP contribution in [0.4, 0.5) is 23.1 Å². The maximum Gasteiger partial charge on any atom is 0.229 e. The van der Waals surface area contributed by atoms with Crippen molar-refractivity contribution in [3.05, 3.63) is 71.4 Å². The SMILES string of the molecule is CC(=O)c1ccc(Nc2cc(C)nc(Nc3ccc(C(C)C)cc3)n2)cc1. The molecule has 0 spiro atoms. The molecule has 1 aromatic heterocycles. The third-order valence-corrected chi connectivity index (χ3v) is 4.25. The van der Waals surface area contributed by atoms with Crippen LogP contribution in [0.15, 0.2) is 54.6 Å². The molecule has 0 unspecified atom stereocenters. The largest absolute Gasteiger partial charge is 0.340 e. The highest BCUT2D eigenvalue weighted by Crippen LogP contribution is 2.21. The summed E-state index contributed by atoms with van der Waals surface area (Å²) < 4.78 is 0. The maximum absolute atomic E-state index is 11.4. The zero-order valence-corrected chi connectivity index (χ0v) is 16.1. The Labute approximate surface area is 159 Å². The summed E-state index contributed by atoms with van der Waals surface area (Å²) in [4.78, 5) is 20.4. The first-order valence-corrected chi connectivity index (χ1v) is 9.01. The molecule has 0 fully saturated rings. The number of hydrogen-bond donors (Lipinski definition) is 2. The van der Waals surface area contributed by atoms with Crippen LogP contribution in [0.3, 0.4) is 0 Å². The van der Waals surface area contributed by atoms with E-state index >= 15 is 0 Å². The van der Waals surface area contributed by atoms with Crippen LogP contribution in [0.2, 0.25) is 0 Å². The van der Waals surface area contributed by atoms with E-state index in [1.54, 1.807) is 19.1 Å². The topological polar surface area (TPSA) is 66.9 Å². The Hall–Kier alpha value is -3.21. The average molecular weight is 360 g/mol. The van der Waals surface area contributed by atoms with Crippen LogP contribution in [0.1, 0.15) is 48.3 Å². The Morgan fingerprint density at radius 3 is 2.07 bits per heavy atom. The number of benzene rings is 2. The molecule has 0 saturated carbocycles. The van der Waals surface area contributed by atoms with E-state index in [-0.39, 0.29) is 5.78 Å². The summed E-state index contributed by atoms with van der Waals surface area (Å²) in [6, 6.07) is 17.5. The molecule has 0 aliphatic rings. The summed E-state index contributed by atoms with van der Waals surface area (Å²) in [5.74, 6) is 1.78. The van der Waals surface area contributed by atoms with Crippen LogP contribution in [0, 0.1) is 6.92 Å². The molecule has 0 saturated heterocycles. The smallest absolute Gasteiger partial charge is 0.229 e. The van der Waals surface area contributed by atoms with Gasteiger partial charge in [0, 0.05) is 28.7 Å². The molecular formula is C22H24N4O. The van der Waals surface area contributed by atoms with Crippen molar-refractivity contribution in [2.75, 3.05) is 10.6 Å². The number of carbonyl (C=O) groups is 1. The van der Waals surface area contributed by atoms with Gasteiger partial charge in [0.2, 0.25) is 5.95 Å². The van der Waals surface area contributed by atoms with Crippen molar-refractivity contribution in [3.63, 3.8) is 0 Å². The Morgan fingerprint density at radius 1 is 0.889 bits per heavy atom. The molecule has 0 amide bonds. The molecule has 0 aliphatic heterocycles. The lowest BCUT2D eigenvalue weighted by atomic mass is 10.0. The normalized spacial score (nSPS) is 10.7. The minimum Gasteiger partial charge on any atom is -0.340 e. The van der Waals surface area contributed by atoms with Gasteiger partial charge in [-0.2, -0.15) is 4.98 Å². The Morgan fingerprint density at radius 2 is 1.48 bits per heavy atom. The summed E-state index contributed by atoms with van der Waals surface area (Å²) in [7, 11) is 0. The molecule has 3 aromatic rings. The van der Waals surface area contributed by atoms with Crippen LogP contribution in [0.25, 0.3) is 0 Å². The molecule has 1 heterocycles. The summed E-state index contributed by atoms with van der Waals surface area (Å²) in [5, 5.41) is 6.51. The molecule has 138 valence electrons. The second-order valence-electron chi connectivity index (χ2n) is 6.88. The van der Waals surface area contributed by atoms with E-state index in [0.717, 1.165) is 17.1 Å². The van der Waals surface area contributed by atoms with E-state index < -0.39 is 0 Å². The quantitative estimate of drug-likeness (QED) is 0.560. The zero-order chi connectivity index (χ0) is 19.4.